The predicted molar refractivity (Wildman–Crippen MR) is 83.7 cm³/mol. The van der Waals surface area contributed by atoms with E-state index in [2.05, 4.69) is 4.99 Å². The first kappa shape index (κ1) is 14.3. The molecule has 0 amide bonds. The Hall–Kier alpha value is -2.62. The molecule has 3 rings (SSSR count). The Labute approximate surface area is 129 Å². The first-order chi connectivity index (χ1) is 10.8. The summed E-state index contributed by atoms with van der Waals surface area (Å²) >= 11 is 0. The summed E-state index contributed by atoms with van der Waals surface area (Å²) in [5.41, 5.74) is 1.89. The van der Waals surface area contributed by atoms with Gasteiger partial charge in [-0.15, -0.1) is 0 Å². The molecule has 4 heteroatoms. The van der Waals surface area contributed by atoms with Crippen molar-refractivity contribution in [3.8, 4) is 0 Å². The average Bonchev–Trinajstić information content (AvgIpc) is 2.62. The molecule has 1 aliphatic heterocycles. The standard InChI is InChI=1S/C18H17NO3/c1-21-18(20)15-12-16(13-8-4-2-5-9-13)22-17(19-15)14-10-6-3-7-11-14/h2-11,15-16H,12H2,1H3/t15-,16-/m1/s1. The fraction of sp³-hybridized carbons (Fsp3) is 0.222. The third kappa shape index (κ3) is 3.01. The lowest BCUT2D eigenvalue weighted by molar-refractivity contribution is -0.143. The molecule has 0 radical (unpaired) electrons. The molecule has 2 aromatic carbocycles. The van der Waals surface area contributed by atoms with E-state index in [1.165, 1.54) is 7.11 Å². The van der Waals surface area contributed by atoms with Gasteiger partial charge in [0.1, 0.15) is 6.10 Å². The van der Waals surface area contributed by atoms with Crippen molar-refractivity contribution in [1.29, 1.82) is 0 Å². The number of nitrogens with zero attached hydrogens (tertiary/aromatic N) is 1. The molecule has 0 aromatic heterocycles. The molecule has 0 saturated carbocycles. The highest BCUT2D eigenvalue weighted by atomic mass is 16.5. The highest BCUT2D eigenvalue weighted by molar-refractivity contribution is 5.96. The number of aliphatic imine (C=N–C) groups is 1. The van der Waals surface area contributed by atoms with Crippen molar-refractivity contribution in [2.24, 2.45) is 4.99 Å². The molecule has 0 bridgehead atoms. The van der Waals surface area contributed by atoms with E-state index in [4.69, 9.17) is 9.47 Å². The van der Waals surface area contributed by atoms with Crippen LogP contribution in [0.4, 0.5) is 0 Å². The van der Waals surface area contributed by atoms with Crippen molar-refractivity contribution in [2.45, 2.75) is 18.6 Å². The summed E-state index contributed by atoms with van der Waals surface area (Å²) in [6, 6.07) is 18.9. The van der Waals surface area contributed by atoms with Gasteiger partial charge in [0.05, 0.1) is 7.11 Å². The molecule has 0 N–H and O–H groups in total. The molecule has 0 fully saturated rings. The van der Waals surface area contributed by atoms with Crippen molar-refractivity contribution in [3.05, 3.63) is 71.8 Å². The smallest absolute Gasteiger partial charge is 0.330 e. The quantitative estimate of drug-likeness (QED) is 0.817. The molecule has 1 aliphatic rings. The Balaban J connectivity index is 1.94. The topological polar surface area (TPSA) is 47.9 Å². The zero-order valence-corrected chi connectivity index (χ0v) is 12.3. The van der Waals surface area contributed by atoms with E-state index in [1.807, 2.05) is 60.7 Å². The second-order valence-corrected chi connectivity index (χ2v) is 5.09. The maximum atomic E-state index is 11.9. The van der Waals surface area contributed by atoms with E-state index in [9.17, 15) is 4.79 Å². The van der Waals surface area contributed by atoms with Gasteiger partial charge in [0.25, 0.3) is 0 Å². The predicted octanol–water partition coefficient (Wildman–Crippen LogP) is 3.14. The molecular weight excluding hydrogens is 278 g/mol. The number of rotatable bonds is 3. The van der Waals surface area contributed by atoms with Crippen LogP contribution in [-0.2, 0) is 14.3 Å². The van der Waals surface area contributed by atoms with Crippen LogP contribution in [0.2, 0.25) is 0 Å². The number of carbonyl (C=O) groups excluding carboxylic acids is 1. The molecule has 0 unspecified atom stereocenters. The first-order valence-corrected chi connectivity index (χ1v) is 7.20. The number of ether oxygens (including phenoxy) is 2. The maximum absolute atomic E-state index is 11.9. The van der Waals surface area contributed by atoms with Crippen LogP contribution in [0.25, 0.3) is 0 Å². The number of hydrogen-bond donors (Lipinski definition) is 0. The molecule has 2 aromatic rings. The van der Waals surface area contributed by atoms with E-state index in [0.717, 1.165) is 11.1 Å². The van der Waals surface area contributed by atoms with Gasteiger partial charge in [-0.2, -0.15) is 0 Å². The van der Waals surface area contributed by atoms with Crippen molar-refractivity contribution in [3.63, 3.8) is 0 Å². The fourth-order valence-corrected chi connectivity index (χ4v) is 2.49. The van der Waals surface area contributed by atoms with Gasteiger partial charge >= 0.3 is 5.97 Å². The third-order valence-corrected chi connectivity index (χ3v) is 3.63. The lowest BCUT2D eigenvalue weighted by Gasteiger charge is -2.28. The summed E-state index contributed by atoms with van der Waals surface area (Å²) in [5, 5.41) is 0. The number of esters is 1. The average molecular weight is 295 g/mol. The Morgan fingerprint density at radius 1 is 1.09 bits per heavy atom. The van der Waals surface area contributed by atoms with Crippen LogP contribution in [-0.4, -0.2) is 25.0 Å². The molecule has 4 nitrogen and oxygen atoms in total. The van der Waals surface area contributed by atoms with Crippen molar-refractivity contribution in [2.75, 3.05) is 7.11 Å². The summed E-state index contributed by atoms with van der Waals surface area (Å²) in [6.07, 6.45) is 0.269. The highest BCUT2D eigenvalue weighted by Crippen LogP contribution is 2.30. The lowest BCUT2D eigenvalue weighted by atomic mass is 10.0. The van der Waals surface area contributed by atoms with Crippen LogP contribution < -0.4 is 0 Å². The normalized spacial score (nSPS) is 20.7. The largest absolute Gasteiger partial charge is 0.469 e. The van der Waals surface area contributed by atoms with Crippen LogP contribution in [0.15, 0.2) is 65.7 Å². The summed E-state index contributed by atoms with van der Waals surface area (Å²) < 4.78 is 10.9. The van der Waals surface area contributed by atoms with E-state index in [-0.39, 0.29) is 12.1 Å². The fourth-order valence-electron chi connectivity index (χ4n) is 2.49. The number of hydrogen-bond acceptors (Lipinski definition) is 4. The molecular formula is C18H17NO3. The molecule has 1 heterocycles. The molecule has 0 aliphatic carbocycles. The second-order valence-electron chi connectivity index (χ2n) is 5.09. The van der Waals surface area contributed by atoms with E-state index < -0.39 is 6.04 Å². The van der Waals surface area contributed by atoms with Crippen molar-refractivity contribution in [1.82, 2.24) is 0 Å². The number of methoxy groups -OCH3 is 1. The Kier molecular flexibility index (Phi) is 4.19. The van der Waals surface area contributed by atoms with Crippen LogP contribution in [0.3, 0.4) is 0 Å². The van der Waals surface area contributed by atoms with Gasteiger partial charge in [-0.3, -0.25) is 0 Å². The maximum Gasteiger partial charge on any atom is 0.330 e. The molecule has 0 spiro atoms. The van der Waals surface area contributed by atoms with Gasteiger partial charge < -0.3 is 9.47 Å². The van der Waals surface area contributed by atoms with Gasteiger partial charge in [-0.25, -0.2) is 9.79 Å². The molecule has 0 saturated heterocycles. The lowest BCUT2D eigenvalue weighted by Crippen LogP contribution is -2.31. The van der Waals surface area contributed by atoms with E-state index in [1.54, 1.807) is 0 Å². The summed E-state index contributed by atoms with van der Waals surface area (Å²) in [6.45, 7) is 0. The monoisotopic (exact) mass is 295 g/mol. The van der Waals surface area contributed by atoms with Gasteiger partial charge in [-0.05, 0) is 17.7 Å². The molecule has 2 atom stereocenters. The molecule has 112 valence electrons. The zero-order chi connectivity index (χ0) is 15.4. The van der Waals surface area contributed by atoms with Crippen LogP contribution in [0.1, 0.15) is 23.7 Å². The summed E-state index contributed by atoms with van der Waals surface area (Å²) in [5.74, 6) is 0.147. The van der Waals surface area contributed by atoms with Crippen LogP contribution in [0, 0.1) is 0 Å². The second kappa shape index (κ2) is 6.43. The van der Waals surface area contributed by atoms with E-state index in [0.29, 0.717) is 12.3 Å². The number of benzene rings is 2. The Bertz CT molecular complexity index is 667. The minimum Gasteiger partial charge on any atom is -0.469 e. The SMILES string of the molecule is COC(=O)[C@H]1C[C@H](c2ccccc2)OC(c2ccccc2)=N1. The first-order valence-electron chi connectivity index (χ1n) is 7.20. The summed E-state index contributed by atoms with van der Waals surface area (Å²) in [7, 11) is 1.38. The Morgan fingerprint density at radius 3 is 2.36 bits per heavy atom. The zero-order valence-electron chi connectivity index (χ0n) is 12.3. The molecule has 22 heavy (non-hydrogen) atoms. The highest BCUT2D eigenvalue weighted by Gasteiger charge is 2.31. The van der Waals surface area contributed by atoms with E-state index >= 15 is 0 Å². The van der Waals surface area contributed by atoms with Crippen molar-refractivity contribution < 1.29 is 14.3 Å². The number of carbonyl (C=O) groups is 1. The van der Waals surface area contributed by atoms with Gasteiger partial charge in [0.15, 0.2) is 6.04 Å². The van der Waals surface area contributed by atoms with Gasteiger partial charge in [0.2, 0.25) is 5.90 Å². The van der Waals surface area contributed by atoms with Crippen LogP contribution >= 0.6 is 0 Å². The third-order valence-electron chi connectivity index (χ3n) is 3.63. The Morgan fingerprint density at radius 2 is 1.73 bits per heavy atom. The summed E-state index contributed by atoms with van der Waals surface area (Å²) in [4.78, 5) is 16.4. The van der Waals surface area contributed by atoms with Gasteiger partial charge in [0, 0.05) is 12.0 Å². The minimum absolute atomic E-state index is 0.210. The minimum atomic E-state index is -0.542. The van der Waals surface area contributed by atoms with Gasteiger partial charge in [-0.1, -0.05) is 48.5 Å². The van der Waals surface area contributed by atoms with Crippen LogP contribution in [0.5, 0.6) is 0 Å². The van der Waals surface area contributed by atoms with Crippen molar-refractivity contribution >= 4 is 11.9 Å².